The van der Waals surface area contributed by atoms with Gasteiger partial charge in [0.05, 0.1) is 5.92 Å². The molecule has 1 unspecified atom stereocenters. The van der Waals surface area contributed by atoms with Crippen LogP contribution in [0.3, 0.4) is 0 Å². The van der Waals surface area contributed by atoms with Crippen LogP contribution in [0, 0.1) is 12.8 Å². The number of carbonyl (C=O) groups is 2. The summed E-state index contributed by atoms with van der Waals surface area (Å²) in [6.07, 6.45) is 1.69. The number of nitrogens with one attached hydrogen (secondary N) is 1. The summed E-state index contributed by atoms with van der Waals surface area (Å²) >= 11 is 0. The van der Waals surface area contributed by atoms with Gasteiger partial charge >= 0.3 is 0 Å². The van der Waals surface area contributed by atoms with Crippen LogP contribution in [0.2, 0.25) is 0 Å². The van der Waals surface area contributed by atoms with Gasteiger partial charge in [-0.15, -0.1) is 0 Å². The maximum Gasteiger partial charge on any atom is 0.254 e. The van der Waals surface area contributed by atoms with Gasteiger partial charge in [-0.25, -0.2) is 0 Å². The van der Waals surface area contributed by atoms with Gasteiger partial charge in [-0.05, 0) is 37.5 Å². The van der Waals surface area contributed by atoms with Crippen molar-refractivity contribution in [2.24, 2.45) is 5.92 Å². The summed E-state index contributed by atoms with van der Waals surface area (Å²) in [5, 5.41) is 2.66. The fourth-order valence-corrected chi connectivity index (χ4v) is 2.64. The quantitative estimate of drug-likeness (QED) is 0.796. The Morgan fingerprint density at radius 2 is 2.15 bits per heavy atom. The Morgan fingerprint density at radius 1 is 1.40 bits per heavy atom. The second-order valence-corrected chi connectivity index (χ2v) is 5.22. The molecule has 1 aliphatic heterocycles. The smallest absolute Gasteiger partial charge is 0.254 e. The molecule has 1 saturated heterocycles. The van der Waals surface area contributed by atoms with Crippen LogP contribution >= 0.6 is 0 Å². The molecule has 20 heavy (non-hydrogen) atoms. The SMILES string of the molecule is CNC(=O)C1CCCN(C(=O)c2cccc(N)c2C)C1. The third-order valence-electron chi connectivity index (χ3n) is 3.93. The summed E-state index contributed by atoms with van der Waals surface area (Å²) in [4.78, 5) is 26.0. The second-order valence-electron chi connectivity index (χ2n) is 5.22. The summed E-state index contributed by atoms with van der Waals surface area (Å²) in [6.45, 7) is 3.02. The first kappa shape index (κ1) is 14.4. The van der Waals surface area contributed by atoms with E-state index in [1.807, 2.05) is 6.92 Å². The molecule has 0 aromatic heterocycles. The predicted molar refractivity (Wildman–Crippen MR) is 78.3 cm³/mol. The van der Waals surface area contributed by atoms with Gasteiger partial charge in [0.1, 0.15) is 0 Å². The average Bonchev–Trinajstić information content (AvgIpc) is 2.48. The van der Waals surface area contributed by atoms with Crippen LogP contribution in [0.5, 0.6) is 0 Å². The first-order valence-corrected chi connectivity index (χ1v) is 6.90. The molecule has 2 rings (SSSR count). The first-order valence-electron chi connectivity index (χ1n) is 6.90. The molecule has 108 valence electrons. The van der Waals surface area contributed by atoms with E-state index < -0.39 is 0 Å². The number of nitrogens with zero attached hydrogens (tertiary/aromatic N) is 1. The summed E-state index contributed by atoms with van der Waals surface area (Å²) in [5.41, 5.74) is 7.90. The molecule has 3 N–H and O–H groups in total. The number of nitrogens with two attached hydrogens (primary N) is 1. The van der Waals surface area contributed by atoms with Gasteiger partial charge in [-0.3, -0.25) is 9.59 Å². The van der Waals surface area contributed by atoms with Gasteiger partial charge in [0.15, 0.2) is 0 Å². The molecular weight excluding hydrogens is 254 g/mol. The van der Waals surface area contributed by atoms with Gasteiger partial charge in [0, 0.05) is 31.4 Å². The topological polar surface area (TPSA) is 75.4 Å². The maximum atomic E-state index is 12.6. The molecule has 5 heteroatoms. The van der Waals surface area contributed by atoms with Gasteiger partial charge < -0.3 is 16.0 Å². The van der Waals surface area contributed by atoms with Crippen molar-refractivity contribution in [3.63, 3.8) is 0 Å². The van der Waals surface area contributed by atoms with E-state index in [1.54, 1.807) is 30.1 Å². The molecule has 0 spiro atoms. The normalized spacial score (nSPS) is 18.7. The van der Waals surface area contributed by atoms with Gasteiger partial charge in [-0.1, -0.05) is 6.07 Å². The number of rotatable bonds is 2. The van der Waals surface area contributed by atoms with E-state index in [0.717, 1.165) is 18.4 Å². The number of anilines is 1. The average molecular weight is 275 g/mol. The van der Waals surface area contributed by atoms with Crippen LogP contribution < -0.4 is 11.1 Å². The van der Waals surface area contributed by atoms with Crippen LogP contribution in [-0.2, 0) is 4.79 Å². The Bertz CT molecular complexity index is 528. The molecule has 1 aromatic rings. The van der Waals surface area contributed by atoms with E-state index >= 15 is 0 Å². The molecule has 1 atom stereocenters. The second kappa shape index (κ2) is 5.94. The highest BCUT2D eigenvalue weighted by Crippen LogP contribution is 2.22. The number of carbonyl (C=O) groups excluding carboxylic acids is 2. The third kappa shape index (κ3) is 2.76. The van der Waals surface area contributed by atoms with Crippen LogP contribution in [0.1, 0.15) is 28.8 Å². The van der Waals surface area contributed by atoms with E-state index in [-0.39, 0.29) is 17.7 Å². The van der Waals surface area contributed by atoms with Crippen molar-refractivity contribution in [2.45, 2.75) is 19.8 Å². The molecule has 1 aliphatic rings. The molecular formula is C15H21N3O2. The fourth-order valence-electron chi connectivity index (χ4n) is 2.64. The molecule has 5 nitrogen and oxygen atoms in total. The minimum Gasteiger partial charge on any atom is -0.398 e. The number of hydrogen-bond donors (Lipinski definition) is 2. The van der Waals surface area contributed by atoms with Crippen molar-refractivity contribution in [1.29, 1.82) is 0 Å². The Morgan fingerprint density at radius 3 is 2.85 bits per heavy atom. The third-order valence-corrected chi connectivity index (χ3v) is 3.93. The zero-order valence-electron chi connectivity index (χ0n) is 12.0. The van der Waals surface area contributed by atoms with Gasteiger partial charge in [0.2, 0.25) is 5.91 Å². The lowest BCUT2D eigenvalue weighted by Crippen LogP contribution is -2.45. The standard InChI is InChI=1S/C15H21N3O2/c1-10-12(6-3-7-13(10)16)15(20)18-8-4-5-11(9-18)14(19)17-2/h3,6-7,11H,4-5,8-9,16H2,1-2H3,(H,17,19). The van der Waals surface area contributed by atoms with E-state index in [1.165, 1.54) is 0 Å². The molecule has 0 aliphatic carbocycles. The Kier molecular flexibility index (Phi) is 4.27. The lowest BCUT2D eigenvalue weighted by molar-refractivity contribution is -0.125. The van der Waals surface area contributed by atoms with Crippen LogP contribution in [-0.4, -0.2) is 36.9 Å². The van der Waals surface area contributed by atoms with Crippen molar-refractivity contribution >= 4 is 17.5 Å². The summed E-state index contributed by atoms with van der Waals surface area (Å²) in [6, 6.07) is 5.36. The van der Waals surface area contributed by atoms with Crippen LogP contribution in [0.4, 0.5) is 5.69 Å². The minimum atomic E-state index is -0.112. The van der Waals surface area contributed by atoms with Crippen molar-refractivity contribution in [1.82, 2.24) is 10.2 Å². The number of benzene rings is 1. The first-order chi connectivity index (χ1) is 9.54. The van der Waals surface area contributed by atoms with E-state index in [9.17, 15) is 9.59 Å². The highest BCUT2D eigenvalue weighted by molar-refractivity contribution is 5.97. The lowest BCUT2D eigenvalue weighted by atomic mass is 9.96. The minimum absolute atomic E-state index is 0.00629. The number of likely N-dealkylation sites (tertiary alicyclic amines) is 1. The van der Waals surface area contributed by atoms with Crippen molar-refractivity contribution in [3.8, 4) is 0 Å². The van der Waals surface area contributed by atoms with E-state index in [2.05, 4.69) is 5.32 Å². The molecule has 1 fully saturated rings. The molecule has 0 radical (unpaired) electrons. The lowest BCUT2D eigenvalue weighted by Gasteiger charge is -2.32. The Labute approximate surface area is 119 Å². The van der Waals surface area contributed by atoms with Crippen molar-refractivity contribution in [2.75, 3.05) is 25.9 Å². The monoisotopic (exact) mass is 275 g/mol. The molecule has 1 aromatic carbocycles. The van der Waals surface area contributed by atoms with Gasteiger partial charge in [-0.2, -0.15) is 0 Å². The summed E-state index contributed by atoms with van der Waals surface area (Å²) < 4.78 is 0. The molecule has 2 amide bonds. The molecule has 0 saturated carbocycles. The number of amides is 2. The van der Waals surface area contributed by atoms with Crippen molar-refractivity contribution < 1.29 is 9.59 Å². The van der Waals surface area contributed by atoms with Gasteiger partial charge in [0.25, 0.3) is 5.91 Å². The van der Waals surface area contributed by atoms with E-state index in [4.69, 9.17) is 5.73 Å². The molecule has 0 bridgehead atoms. The zero-order valence-corrected chi connectivity index (χ0v) is 12.0. The zero-order chi connectivity index (χ0) is 14.7. The predicted octanol–water partition coefficient (Wildman–Crippen LogP) is 1.18. The van der Waals surface area contributed by atoms with Crippen molar-refractivity contribution in [3.05, 3.63) is 29.3 Å². The Balaban J connectivity index is 2.16. The number of piperidine rings is 1. The number of nitrogen functional groups attached to an aromatic ring is 1. The fraction of sp³-hybridized carbons (Fsp3) is 0.467. The summed E-state index contributed by atoms with van der Waals surface area (Å²) in [7, 11) is 1.63. The van der Waals surface area contributed by atoms with Crippen LogP contribution in [0.15, 0.2) is 18.2 Å². The highest BCUT2D eigenvalue weighted by atomic mass is 16.2. The highest BCUT2D eigenvalue weighted by Gasteiger charge is 2.28. The number of hydrogen-bond acceptors (Lipinski definition) is 3. The Hall–Kier alpha value is -2.04. The largest absolute Gasteiger partial charge is 0.398 e. The summed E-state index contributed by atoms with van der Waals surface area (Å²) in [5.74, 6) is -0.144. The molecule has 1 heterocycles. The van der Waals surface area contributed by atoms with Crippen LogP contribution in [0.25, 0.3) is 0 Å². The van der Waals surface area contributed by atoms with E-state index in [0.29, 0.717) is 24.3 Å². The maximum absolute atomic E-state index is 12.6.